The van der Waals surface area contributed by atoms with Gasteiger partial charge in [-0.2, -0.15) is 4.98 Å². The van der Waals surface area contributed by atoms with E-state index in [2.05, 4.69) is 10.1 Å². The van der Waals surface area contributed by atoms with E-state index in [1.807, 2.05) is 0 Å². The fourth-order valence-corrected chi connectivity index (χ4v) is 1.17. The molecule has 0 spiro atoms. The van der Waals surface area contributed by atoms with Crippen LogP contribution in [0.1, 0.15) is 5.82 Å². The number of aryl methyl sites for hydroxylation is 1. The summed E-state index contributed by atoms with van der Waals surface area (Å²) in [5, 5.41) is 14.1. The number of nitrogens with zero attached hydrogens (tertiary/aromatic N) is 3. The zero-order valence-electron chi connectivity index (χ0n) is 7.88. The van der Waals surface area contributed by atoms with Gasteiger partial charge in [0.2, 0.25) is 0 Å². The van der Waals surface area contributed by atoms with Gasteiger partial charge >= 0.3 is 0 Å². The monoisotopic (exact) mass is 205 g/mol. The molecular weight excluding hydrogens is 198 g/mol. The van der Waals surface area contributed by atoms with Crippen LogP contribution < -0.4 is 0 Å². The summed E-state index contributed by atoms with van der Waals surface area (Å²) in [7, 11) is 0. The van der Waals surface area contributed by atoms with Crippen molar-refractivity contribution in [3.63, 3.8) is 0 Å². The molecule has 0 unspecified atom stereocenters. The quantitative estimate of drug-likeness (QED) is 0.552. The van der Waals surface area contributed by atoms with Crippen molar-refractivity contribution in [1.82, 2.24) is 10.1 Å². The third-order valence-electron chi connectivity index (χ3n) is 1.83. The summed E-state index contributed by atoms with van der Waals surface area (Å²) in [6, 6.07) is 6.06. The van der Waals surface area contributed by atoms with Crippen LogP contribution in [0.5, 0.6) is 0 Å². The van der Waals surface area contributed by atoms with E-state index in [1.165, 1.54) is 12.1 Å². The Kier molecular flexibility index (Phi) is 2.17. The molecule has 6 nitrogen and oxygen atoms in total. The Morgan fingerprint density at radius 3 is 2.87 bits per heavy atom. The zero-order valence-corrected chi connectivity index (χ0v) is 7.88. The van der Waals surface area contributed by atoms with Gasteiger partial charge in [0.05, 0.1) is 4.92 Å². The van der Waals surface area contributed by atoms with Crippen molar-refractivity contribution in [2.24, 2.45) is 0 Å². The average Bonchev–Trinajstić information content (AvgIpc) is 2.65. The third-order valence-corrected chi connectivity index (χ3v) is 1.83. The van der Waals surface area contributed by atoms with E-state index in [4.69, 9.17) is 4.52 Å². The molecule has 0 N–H and O–H groups in total. The van der Waals surface area contributed by atoms with Crippen LogP contribution in [0.15, 0.2) is 28.8 Å². The van der Waals surface area contributed by atoms with E-state index in [0.29, 0.717) is 11.4 Å². The number of hydrogen-bond donors (Lipinski definition) is 0. The first-order chi connectivity index (χ1) is 7.16. The summed E-state index contributed by atoms with van der Waals surface area (Å²) < 4.78 is 4.90. The van der Waals surface area contributed by atoms with Gasteiger partial charge in [0.15, 0.2) is 5.82 Å². The van der Waals surface area contributed by atoms with Gasteiger partial charge in [-0.25, -0.2) is 0 Å². The lowest BCUT2D eigenvalue weighted by molar-refractivity contribution is -0.384. The van der Waals surface area contributed by atoms with Crippen LogP contribution in [0.4, 0.5) is 5.69 Å². The fraction of sp³-hybridized carbons (Fsp3) is 0.111. The molecule has 0 fully saturated rings. The molecule has 6 heteroatoms. The van der Waals surface area contributed by atoms with Crippen molar-refractivity contribution in [2.75, 3.05) is 0 Å². The molecule has 0 aliphatic rings. The Labute approximate surface area is 84.7 Å². The van der Waals surface area contributed by atoms with E-state index in [0.717, 1.165) is 0 Å². The minimum atomic E-state index is -0.466. The summed E-state index contributed by atoms with van der Waals surface area (Å²) in [6.07, 6.45) is 0. The summed E-state index contributed by atoms with van der Waals surface area (Å²) in [5.41, 5.74) is 0.549. The van der Waals surface area contributed by atoms with Crippen LogP contribution in [0, 0.1) is 17.0 Å². The summed E-state index contributed by atoms with van der Waals surface area (Å²) in [6.45, 7) is 1.68. The van der Waals surface area contributed by atoms with Crippen molar-refractivity contribution in [2.45, 2.75) is 6.92 Å². The first kappa shape index (κ1) is 9.32. The van der Waals surface area contributed by atoms with Crippen LogP contribution in [0.3, 0.4) is 0 Å². The highest BCUT2D eigenvalue weighted by molar-refractivity contribution is 5.57. The van der Waals surface area contributed by atoms with E-state index in [-0.39, 0.29) is 11.6 Å². The largest absolute Gasteiger partial charge is 0.334 e. The number of benzene rings is 1. The Morgan fingerprint density at radius 1 is 1.47 bits per heavy atom. The topological polar surface area (TPSA) is 82.1 Å². The first-order valence-corrected chi connectivity index (χ1v) is 4.22. The number of nitro benzene ring substituents is 1. The van der Waals surface area contributed by atoms with Crippen molar-refractivity contribution < 1.29 is 9.45 Å². The normalized spacial score (nSPS) is 10.2. The molecule has 1 aromatic heterocycles. The van der Waals surface area contributed by atoms with Gasteiger partial charge in [-0.15, -0.1) is 0 Å². The van der Waals surface area contributed by atoms with Crippen molar-refractivity contribution >= 4 is 5.69 Å². The highest BCUT2D eigenvalue weighted by Gasteiger charge is 2.11. The van der Waals surface area contributed by atoms with Crippen LogP contribution in [0.2, 0.25) is 0 Å². The molecule has 76 valence electrons. The predicted molar refractivity (Wildman–Crippen MR) is 51.1 cm³/mol. The molecule has 0 amide bonds. The van der Waals surface area contributed by atoms with E-state index in [1.54, 1.807) is 19.1 Å². The highest BCUT2D eigenvalue weighted by atomic mass is 16.6. The van der Waals surface area contributed by atoms with Crippen LogP contribution in [-0.4, -0.2) is 15.1 Å². The Morgan fingerprint density at radius 2 is 2.27 bits per heavy atom. The Bertz CT molecular complexity index is 507. The molecule has 0 atom stereocenters. The van der Waals surface area contributed by atoms with Gasteiger partial charge in [-0.3, -0.25) is 10.1 Å². The Hall–Kier alpha value is -2.24. The maximum atomic E-state index is 10.5. The van der Waals surface area contributed by atoms with Gasteiger partial charge in [-0.1, -0.05) is 11.2 Å². The van der Waals surface area contributed by atoms with Crippen molar-refractivity contribution in [1.29, 1.82) is 0 Å². The molecule has 0 radical (unpaired) electrons. The van der Waals surface area contributed by atoms with Crippen LogP contribution in [-0.2, 0) is 0 Å². The summed E-state index contributed by atoms with van der Waals surface area (Å²) >= 11 is 0. The third kappa shape index (κ3) is 1.83. The van der Waals surface area contributed by atoms with E-state index in [9.17, 15) is 10.1 Å². The van der Waals surface area contributed by atoms with E-state index >= 15 is 0 Å². The number of rotatable bonds is 2. The Balaban J connectivity index is 2.45. The average molecular weight is 205 g/mol. The SMILES string of the molecule is Cc1noc(-c2cccc([N+](=O)[O-])c2)n1. The molecule has 2 rings (SSSR count). The molecule has 0 aliphatic carbocycles. The van der Waals surface area contributed by atoms with Crippen molar-refractivity contribution in [3.8, 4) is 11.5 Å². The van der Waals surface area contributed by atoms with Gasteiger partial charge in [0, 0.05) is 17.7 Å². The summed E-state index contributed by atoms with van der Waals surface area (Å²) in [5.74, 6) is 0.785. The molecular formula is C9H7N3O3. The highest BCUT2D eigenvalue weighted by Crippen LogP contribution is 2.21. The number of aromatic nitrogens is 2. The van der Waals surface area contributed by atoms with Gasteiger partial charge < -0.3 is 4.52 Å². The lowest BCUT2D eigenvalue weighted by Gasteiger charge is -1.93. The zero-order chi connectivity index (χ0) is 10.8. The van der Waals surface area contributed by atoms with Gasteiger partial charge in [0.25, 0.3) is 11.6 Å². The van der Waals surface area contributed by atoms with Gasteiger partial charge in [-0.05, 0) is 13.0 Å². The first-order valence-electron chi connectivity index (χ1n) is 4.22. The van der Waals surface area contributed by atoms with Crippen LogP contribution in [0.25, 0.3) is 11.5 Å². The standard InChI is InChI=1S/C9H7N3O3/c1-6-10-9(15-11-6)7-3-2-4-8(5-7)12(13)14/h2-5H,1H3. The molecule has 1 aromatic carbocycles. The van der Waals surface area contributed by atoms with Crippen LogP contribution >= 0.6 is 0 Å². The number of hydrogen-bond acceptors (Lipinski definition) is 5. The molecule has 2 aromatic rings. The maximum Gasteiger partial charge on any atom is 0.270 e. The molecule has 0 bridgehead atoms. The minimum Gasteiger partial charge on any atom is -0.334 e. The number of nitro groups is 1. The van der Waals surface area contributed by atoms with Crippen molar-refractivity contribution in [3.05, 3.63) is 40.2 Å². The minimum absolute atomic E-state index is 0.00310. The molecule has 15 heavy (non-hydrogen) atoms. The molecule has 0 saturated carbocycles. The second-order valence-electron chi connectivity index (χ2n) is 2.95. The predicted octanol–water partition coefficient (Wildman–Crippen LogP) is 1.95. The molecule has 0 aliphatic heterocycles. The van der Waals surface area contributed by atoms with E-state index < -0.39 is 4.92 Å². The smallest absolute Gasteiger partial charge is 0.270 e. The lowest BCUT2D eigenvalue weighted by Crippen LogP contribution is -1.88. The molecule has 0 saturated heterocycles. The summed E-state index contributed by atoms with van der Waals surface area (Å²) in [4.78, 5) is 14.0. The second kappa shape index (κ2) is 3.49. The van der Waals surface area contributed by atoms with Gasteiger partial charge in [0.1, 0.15) is 0 Å². The molecule has 1 heterocycles. The number of non-ortho nitro benzene ring substituents is 1. The fourth-order valence-electron chi connectivity index (χ4n) is 1.17. The maximum absolute atomic E-state index is 10.5. The second-order valence-corrected chi connectivity index (χ2v) is 2.95. The lowest BCUT2D eigenvalue weighted by atomic mass is 10.2.